The lowest BCUT2D eigenvalue weighted by atomic mass is 9.86. The van der Waals surface area contributed by atoms with Crippen LogP contribution in [0.4, 0.5) is 5.69 Å². The molecule has 1 heterocycles. The molecule has 4 nitrogen and oxygen atoms in total. The van der Waals surface area contributed by atoms with Gasteiger partial charge in [0.2, 0.25) is 0 Å². The summed E-state index contributed by atoms with van der Waals surface area (Å²) in [4.78, 5) is 0.225. The molecule has 31 heavy (non-hydrogen) atoms. The van der Waals surface area contributed by atoms with E-state index in [1.165, 1.54) is 0 Å². The van der Waals surface area contributed by atoms with Crippen molar-refractivity contribution < 1.29 is 13.2 Å². The summed E-state index contributed by atoms with van der Waals surface area (Å²) in [5, 5.41) is 0. The minimum absolute atomic E-state index is 0.225. The second kappa shape index (κ2) is 7.60. The lowest BCUT2D eigenvalue weighted by Gasteiger charge is -2.39. The summed E-state index contributed by atoms with van der Waals surface area (Å²) in [6.07, 6.45) is 0. The van der Waals surface area contributed by atoms with Crippen molar-refractivity contribution in [3.63, 3.8) is 0 Å². The van der Waals surface area contributed by atoms with Crippen molar-refractivity contribution >= 4 is 15.7 Å². The molecule has 1 aliphatic heterocycles. The van der Waals surface area contributed by atoms with E-state index in [9.17, 15) is 8.42 Å². The number of hydrogen-bond acceptors (Lipinski definition) is 3. The van der Waals surface area contributed by atoms with Crippen LogP contribution in [-0.4, -0.2) is 15.5 Å². The van der Waals surface area contributed by atoms with Gasteiger partial charge in [0, 0.05) is 5.56 Å². The number of hydrogen-bond donors (Lipinski definition) is 0. The first-order valence-corrected chi connectivity index (χ1v) is 11.5. The zero-order valence-corrected chi connectivity index (χ0v) is 17.8. The summed E-state index contributed by atoms with van der Waals surface area (Å²) in [6, 6.07) is 31.5. The number of sulfonamides is 1. The third kappa shape index (κ3) is 3.18. The molecule has 0 fully saturated rings. The summed E-state index contributed by atoms with van der Waals surface area (Å²) >= 11 is 0. The van der Waals surface area contributed by atoms with Gasteiger partial charge in [0.25, 0.3) is 10.0 Å². The van der Waals surface area contributed by atoms with Crippen molar-refractivity contribution in [2.24, 2.45) is 0 Å². The summed E-state index contributed by atoms with van der Waals surface area (Å²) < 4.78 is 34.8. The molecule has 5 heteroatoms. The highest BCUT2D eigenvalue weighted by Crippen LogP contribution is 2.49. The maximum absolute atomic E-state index is 14.0. The number of methoxy groups -OCH3 is 1. The highest BCUT2D eigenvalue weighted by atomic mass is 32.2. The number of nitrogens with zero attached hydrogens (tertiary/aromatic N) is 1. The molecule has 0 amide bonds. The van der Waals surface area contributed by atoms with Crippen molar-refractivity contribution in [2.45, 2.75) is 10.9 Å². The topological polar surface area (TPSA) is 46.6 Å². The molecule has 0 saturated heterocycles. The average molecular weight is 428 g/mol. The van der Waals surface area contributed by atoms with Gasteiger partial charge in [-0.15, -0.1) is 0 Å². The first kappa shape index (κ1) is 19.4. The smallest absolute Gasteiger partial charge is 0.265 e. The van der Waals surface area contributed by atoms with Crippen molar-refractivity contribution in [2.75, 3.05) is 11.4 Å². The van der Waals surface area contributed by atoms with E-state index < -0.39 is 16.1 Å². The van der Waals surface area contributed by atoms with E-state index in [0.29, 0.717) is 11.4 Å². The van der Waals surface area contributed by atoms with E-state index in [1.54, 1.807) is 35.7 Å². The van der Waals surface area contributed by atoms with Gasteiger partial charge in [-0.2, -0.15) is 0 Å². The molecule has 0 aromatic heterocycles. The third-order valence-corrected chi connectivity index (χ3v) is 7.45. The Kier molecular flexibility index (Phi) is 4.75. The van der Waals surface area contributed by atoms with Crippen LogP contribution in [0.2, 0.25) is 0 Å². The Morgan fingerprint density at radius 3 is 2.03 bits per heavy atom. The predicted octanol–water partition coefficient (Wildman–Crippen LogP) is 5.66. The monoisotopic (exact) mass is 427 g/mol. The third-order valence-electron chi connectivity index (χ3n) is 5.65. The van der Waals surface area contributed by atoms with Crippen LogP contribution in [0, 0.1) is 0 Å². The van der Waals surface area contributed by atoms with Crippen molar-refractivity contribution in [3.8, 4) is 16.9 Å². The molecule has 5 rings (SSSR count). The van der Waals surface area contributed by atoms with Gasteiger partial charge in [-0.05, 0) is 47.0 Å². The molecular weight excluding hydrogens is 406 g/mol. The Bertz CT molecular complexity index is 1330. The Balaban J connectivity index is 1.79. The van der Waals surface area contributed by atoms with E-state index in [2.05, 4.69) is 6.07 Å². The predicted molar refractivity (Wildman–Crippen MR) is 123 cm³/mol. The van der Waals surface area contributed by atoms with Gasteiger partial charge in [-0.3, -0.25) is 4.31 Å². The summed E-state index contributed by atoms with van der Waals surface area (Å²) in [5.41, 5.74) is 4.51. The lowest BCUT2D eigenvalue weighted by Crippen LogP contribution is -2.38. The first-order valence-electron chi connectivity index (χ1n) is 10.0. The zero-order valence-electron chi connectivity index (χ0n) is 17.0. The van der Waals surface area contributed by atoms with Gasteiger partial charge in [-0.1, -0.05) is 72.8 Å². The van der Waals surface area contributed by atoms with E-state index in [1.807, 2.05) is 72.8 Å². The SMILES string of the molecule is COc1ccc(S(=O)(=O)N2c3ccccc3-c3ccccc3[C@H]2c2ccccc2)cc1. The number of anilines is 1. The van der Waals surface area contributed by atoms with Crippen LogP contribution in [0.5, 0.6) is 5.75 Å². The Labute approximate surface area is 182 Å². The summed E-state index contributed by atoms with van der Waals surface area (Å²) in [5.74, 6) is 0.614. The van der Waals surface area contributed by atoms with Crippen LogP contribution >= 0.6 is 0 Å². The van der Waals surface area contributed by atoms with Gasteiger partial charge in [0.05, 0.1) is 23.7 Å². The molecule has 1 atom stereocenters. The zero-order chi connectivity index (χ0) is 21.4. The number of benzene rings is 4. The molecule has 0 unspecified atom stereocenters. The molecule has 154 valence electrons. The molecule has 4 aromatic rings. The van der Waals surface area contributed by atoms with Gasteiger partial charge in [0.15, 0.2) is 0 Å². The second-order valence-corrected chi connectivity index (χ2v) is 9.21. The molecule has 1 aliphatic rings. The van der Waals surface area contributed by atoms with Crippen LogP contribution in [0.25, 0.3) is 11.1 Å². The van der Waals surface area contributed by atoms with Gasteiger partial charge >= 0.3 is 0 Å². The molecule has 0 aliphatic carbocycles. The number of ether oxygens (including phenoxy) is 1. The van der Waals surface area contributed by atoms with Gasteiger partial charge < -0.3 is 4.74 Å². The highest BCUT2D eigenvalue weighted by Gasteiger charge is 2.39. The number of fused-ring (bicyclic) bond motifs is 3. The summed E-state index contributed by atoms with van der Waals surface area (Å²) in [7, 11) is -2.30. The highest BCUT2D eigenvalue weighted by molar-refractivity contribution is 7.92. The molecule has 0 radical (unpaired) electrons. The normalized spacial score (nSPS) is 15.1. The number of rotatable bonds is 4. The fourth-order valence-corrected chi connectivity index (χ4v) is 5.86. The molecular formula is C26H21NO3S. The number of para-hydroxylation sites is 1. The van der Waals surface area contributed by atoms with Crippen molar-refractivity contribution in [3.05, 3.63) is 114 Å². The largest absolute Gasteiger partial charge is 0.497 e. The van der Waals surface area contributed by atoms with Gasteiger partial charge in [0.1, 0.15) is 5.75 Å². The van der Waals surface area contributed by atoms with Crippen LogP contribution in [-0.2, 0) is 10.0 Å². The maximum Gasteiger partial charge on any atom is 0.265 e. The Hall–Kier alpha value is -3.57. The van der Waals surface area contributed by atoms with E-state index in [4.69, 9.17) is 4.74 Å². The lowest BCUT2D eigenvalue weighted by molar-refractivity contribution is 0.414. The van der Waals surface area contributed by atoms with Crippen LogP contribution in [0.1, 0.15) is 17.2 Å². The minimum atomic E-state index is -3.86. The fraction of sp³-hybridized carbons (Fsp3) is 0.0769. The first-order chi connectivity index (χ1) is 15.1. The Morgan fingerprint density at radius 2 is 1.32 bits per heavy atom. The van der Waals surface area contributed by atoms with E-state index >= 15 is 0 Å². The molecule has 0 spiro atoms. The van der Waals surface area contributed by atoms with Crippen LogP contribution in [0.15, 0.2) is 108 Å². The van der Waals surface area contributed by atoms with Crippen LogP contribution in [0.3, 0.4) is 0 Å². The van der Waals surface area contributed by atoms with Gasteiger partial charge in [-0.25, -0.2) is 8.42 Å². The second-order valence-electron chi connectivity index (χ2n) is 7.39. The quantitative estimate of drug-likeness (QED) is 0.422. The van der Waals surface area contributed by atoms with E-state index in [0.717, 1.165) is 22.3 Å². The molecule has 0 N–H and O–H groups in total. The van der Waals surface area contributed by atoms with Crippen LogP contribution < -0.4 is 9.04 Å². The minimum Gasteiger partial charge on any atom is -0.497 e. The van der Waals surface area contributed by atoms with Crippen molar-refractivity contribution in [1.82, 2.24) is 0 Å². The fourth-order valence-electron chi connectivity index (χ4n) is 4.22. The van der Waals surface area contributed by atoms with E-state index in [-0.39, 0.29) is 4.90 Å². The summed E-state index contributed by atoms with van der Waals surface area (Å²) in [6.45, 7) is 0. The molecule has 0 saturated carbocycles. The maximum atomic E-state index is 14.0. The standard InChI is InChI=1S/C26H21NO3S/c1-30-20-15-17-21(18-16-20)31(28,29)27-25-14-8-7-12-23(25)22-11-5-6-13-24(22)26(27)19-9-3-2-4-10-19/h2-18,26H,1H3/t26-/m1/s1. The Morgan fingerprint density at radius 1 is 0.710 bits per heavy atom. The average Bonchev–Trinajstić information content (AvgIpc) is 2.83. The molecule has 4 aromatic carbocycles. The van der Waals surface area contributed by atoms with Crippen molar-refractivity contribution in [1.29, 1.82) is 0 Å². The molecule has 0 bridgehead atoms.